The molecule has 0 saturated heterocycles. The Morgan fingerprint density at radius 3 is 3.00 bits per heavy atom. The summed E-state index contributed by atoms with van der Waals surface area (Å²) < 4.78 is 6.30. The van der Waals surface area contributed by atoms with Gasteiger partial charge in [-0.2, -0.15) is 5.10 Å². The molecule has 0 bridgehead atoms. The summed E-state index contributed by atoms with van der Waals surface area (Å²) in [5.41, 5.74) is 0.831. The van der Waals surface area contributed by atoms with Crippen molar-refractivity contribution < 1.29 is 9.53 Å². The predicted molar refractivity (Wildman–Crippen MR) is 59.7 cm³/mol. The third-order valence-corrected chi connectivity index (χ3v) is 2.95. The van der Waals surface area contributed by atoms with E-state index in [0.29, 0.717) is 0 Å². The van der Waals surface area contributed by atoms with Crippen LogP contribution in [0, 0.1) is 6.92 Å². The number of hydrogen-bond donors (Lipinski definition) is 0. The first-order valence-corrected chi connectivity index (χ1v) is 5.54. The highest BCUT2D eigenvalue weighted by molar-refractivity contribution is 7.14. The lowest BCUT2D eigenvalue weighted by atomic mass is 10.3. The fourth-order valence-electron chi connectivity index (χ4n) is 1.27. The zero-order valence-corrected chi connectivity index (χ0v) is 9.82. The van der Waals surface area contributed by atoms with E-state index >= 15 is 0 Å². The normalized spacial score (nSPS) is 10.4. The van der Waals surface area contributed by atoms with E-state index in [-0.39, 0.29) is 12.4 Å². The summed E-state index contributed by atoms with van der Waals surface area (Å²) in [7, 11) is 1.37. The van der Waals surface area contributed by atoms with E-state index in [0.717, 1.165) is 15.6 Å². The first-order valence-electron chi connectivity index (χ1n) is 4.72. The number of aromatic nitrogens is 3. The number of carbonyl (C=O) groups excluding carboxylic acids is 1. The number of rotatable bonds is 3. The molecule has 84 valence electrons. The van der Waals surface area contributed by atoms with Crippen LogP contribution in [0.3, 0.4) is 0 Å². The molecular weight excluding hydrogens is 226 g/mol. The summed E-state index contributed by atoms with van der Waals surface area (Å²) in [5, 5.41) is 6.09. The van der Waals surface area contributed by atoms with Gasteiger partial charge < -0.3 is 4.74 Å². The van der Waals surface area contributed by atoms with Crippen molar-refractivity contribution in [3.8, 4) is 5.00 Å². The number of ether oxygens (including phenoxy) is 1. The smallest absolute Gasteiger partial charge is 0.310 e. The summed E-state index contributed by atoms with van der Waals surface area (Å²) in [6.07, 6.45) is 5.47. The Morgan fingerprint density at radius 2 is 2.38 bits per heavy atom. The maximum absolute atomic E-state index is 11.1. The van der Waals surface area contributed by atoms with Crippen molar-refractivity contribution in [2.75, 3.05) is 7.11 Å². The molecule has 0 saturated carbocycles. The number of carbonyl (C=O) groups is 1. The van der Waals surface area contributed by atoms with Crippen molar-refractivity contribution in [2.45, 2.75) is 13.3 Å². The molecule has 16 heavy (non-hydrogen) atoms. The first kappa shape index (κ1) is 10.8. The van der Waals surface area contributed by atoms with Gasteiger partial charge >= 0.3 is 5.97 Å². The molecular formula is C10H11N3O2S. The quantitative estimate of drug-likeness (QED) is 0.756. The van der Waals surface area contributed by atoms with Gasteiger partial charge in [0.05, 0.1) is 30.9 Å². The van der Waals surface area contributed by atoms with Crippen molar-refractivity contribution >= 4 is 17.3 Å². The van der Waals surface area contributed by atoms with E-state index in [9.17, 15) is 4.79 Å². The highest BCUT2D eigenvalue weighted by Crippen LogP contribution is 2.16. The number of aryl methyl sites for hydroxylation is 1. The van der Waals surface area contributed by atoms with Crippen LogP contribution >= 0.6 is 11.3 Å². The summed E-state index contributed by atoms with van der Waals surface area (Å²) in [6.45, 7) is 1.94. The molecule has 2 aromatic heterocycles. The lowest BCUT2D eigenvalue weighted by molar-refractivity contribution is -0.139. The molecule has 2 aromatic rings. The summed E-state index contributed by atoms with van der Waals surface area (Å²) >= 11 is 1.55. The maximum atomic E-state index is 11.1. The fraction of sp³-hybridized carbons (Fsp3) is 0.300. The van der Waals surface area contributed by atoms with Crippen LogP contribution in [0.15, 0.2) is 18.6 Å². The van der Waals surface area contributed by atoms with Crippen molar-refractivity contribution in [2.24, 2.45) is 0 Å². The average Bonchev–Trinajstić information content (AvgIpc) is 2.87. The minimum atomic E-state index is -0.264. The number of thiazole rings is 1. The number of esters is 1. The highest BCUT2D eigenvalue weighted by Gasteiger charge is 2.07. The van der Waals surface area contributed by atoms with Crippen LogP contribution in [-0.2, 0) is 16.0 Å². The molecule has 0 aliphatic rings. The highest BCUT2D eigenvalue weighted by atomic mass is 32.1. The van der Waals surface area contributed by atoms with Crippen molar-refractivity contribution in [3.63, 3.8) is 0 Å². The summed E-state index contributed by atoms with van der Waals surface area (Å²) in [6, 6.07) is 0. The molecule has 0 fully saturated rings. The molecule has 0 N–H and O–H groups in total. The third kappa shape index (κ3) is 2.27. The molecule has 0 aliphatic heterocycles. The molecule has 0 aromatic carbocycles. The van der Waals surface area contributed by atoms with Gasteiger partial charge in [-0.25, -0.2) is 9.67 Å². The van der Waals surface area contributed by atoms with Gasteiger partial charge in [-0.3, -0.25) is 4.79 Å². The van der Waals surface area contributed by atoms with Crippen molar-refractivity contribution in [1.82, 2.24) is 14.8 Å². The summed E-state index contributed by atoms with van der Waals surface area (Å²) in [4.78, 5) is 15.2. The number of nitrogens with zero attached hydrogens (tertiary/aromatic N) is 3. The van der Waals surface area contributed by atoms with Gasteiger partial charge in [0.1, 0.15) is 5.00 Å². The molecule has 6 heteroatoms. The van der Waals surface area contributed by atoms with Gasteiger partial charge in [0.2, 0.25) is 0 Å². The lowest BCUT2D eigenvalue weighted by Crippen LogP contribution is -2.03. The maximum Gasteiger partial charge on any atom is 0.310 e. The minimum absolute atomic E-state index is 0.244. The van der Waals surface area contributed by atoms with Gasteiger partial charge in [-0.15, -0.1) is 0 Å². The molecule has 0 amide bonds. The topological polar surface area (TPSA) is 57.0 Å². The fourth-order valence-corrected chi connectivity index (χ4v) is 1.97. The Hall–Kier alpha value is -1.69. The van der Waals surface area contributed by atoms with E-state index in [1.165, 1.54) is 7.11 Å². The zero-order valence-electron chi connectivity index (χ0n) is 9.01. The van der Waals surface area contributed by atoms with Gasteiger partial charge in [-0.05, 0) is 6.92 Å². The van der Waals surface area contributed by atoms with E-state index in [1.54, 1.807) is 28.4 Å². The standard InChI is InChI=1S/C10H11N3O2S/c1-7-11-5-9(16-7)13-6-8(4-12-13)3-10(14)15-2/h4-6H,3H2,1-2H3. The Kier molecular flexibility index (Phi) is 3.00. The second kappa shape index (κ2) is 4.44. The van der Waals surface area contributed by atoms with Gasteiger partial charge in [0.15, 0.2) is 0 Å². The van der Waals surface area contributed by atoms with Crippen LogP contribution in [0.4, 0.5) is 0 Å². The van der Waals surface area contributed by atoms with Crippen LogP contribution in [0.1, 0.15) is 10.6 Å². The van der Waals surface area contributed by atoms with Crippen molar-refractivity contribution in [3.05, 3.63) is 29.2 Å². The van der Waals surface area contributed by atoms with Crippen LogP contribution in [0.25, 0.3) is 5.00 Å². The Labute approximate surface area is 96.7 Å². The van der Waals surface area contributed by atoms with E-state index in [4.69, 9.17) is 0 Å². The summed E-state index contributed by atoms with van der Waals surface area (Å²) in [5.74, 6) is -0.264. The molecule has 0 unspecified atom stereocenters. The van der Waals surface area contributed by atoms with Crippen LogP contribution < -0.4 is 0 Å². The zero-order chi connectivity index (χ0) is 11.5. The predicted octanol–water partition coefficient (Wildman–Crippen LogP) is 1.35. The van der Waals surface area contributed by atoms with E-state index < -0.39 is 0 Å². The Morgan fingerprint density at radius 1 is 1.56 bits per heavy atom. The second-order valence-electron chi connectivity index (χ2n) is 3.26. The van der Waals surface area contributed by atoms with E-state index in [1.807, 2.05) is 13.1 Å². The molecule has 5 nitrogen and oxygen atoms in total. The Bertz CT molecular complexity index is 504. The molecule has 0 radical (unpaired) electrons. The van der Waals surface area contributed by atoms with E-state index in [2.05, 4.69) is 14.8 Å². The van der Waals surface area contributed by atoms with Gasteiger partial charge in [0.25, 0.3) is 0 Å². The van der Waals surface area contributed by atoms with Gasteiger partial charge in [0, 0.05) is 11.8 Å². The monoisotopic (exact) mass is 237 g/mol. The SMILES string of the molecule is COC(=O)Cc1cnn(-c2cnc(C)s2)c1. The van der Waals surface area contributed by atoms with Crippen LogP contribution in [-0.4, -0.2) is 27.8 Å². The molecule has 2 heterocycles. The number of hydrogen-bond acceptors (Lipinski definition) is 5. The van der Waals surface area contributed by atoms with Crippen LogP contribution in [0.2, 0.25) is 0 Å². The first-order chi connectivity index (χ1) is 7.69. The molecule has 0 aliphatic carbocycles. The third-order valence-electron chi connectivity index (χ3n) is 2.05. The van der Waals surface area contributed by atoms with Crippen molar-refractivity contribution in [1.29, 1.82) is 0 Å². The van der Waals surface area contributed by atoms with Crippen LogP contribution in [0.5, 0.6) is 0 Å². The largest absolute Gasteiger partial charge is 0.469 e. The van der Waals surface area contributed by atoms with Gasteiger partial charge in [-0.1, -0.05) is 11.3 Å². The molecule has 2 rings (SSSR count). The Balaban J connectivity index is 2.16. The minimum Gasteiger partial charge on any atom is -0.469 e. The number of methoxy groups -OCH3 is 1. The average molecular weight is 237 g/mol. The molecule has 0 atom stereocenters. The molecule has 0 spiro atoms. The lowest BCUT2D eigenvalue weighted by Gasteiger charge is -1.95. The second-order valence-corrected chi connectivity index (χ2v) is 4.48.